The van der Waals surface area contributed by atoms with Crippen LogP contribution < -0.4 is 0 Å². The Balaban J connectivity index is 1.25. The maximum Gasteiger partial charge on any atom is -0.00259 e. The number of benzene rings is 9. The van der Waals surface area contributed by atoms with Crippen LogP contribution in [-0.4, -0.2) is 0 Å². The molecule has 0 atom stereocenters. The Morgan fingerprint density at radius 1 is 0.227 bits per heavy atom. The maximum atomic E-state index is 2.40. The highest BCUT2D eigenvalue weighted by atomic mass is 14.2. The molecule has 0 aromatic heterocycles. The molecule has 0 N–H and O–H groups in total. The molecular formula is C44H28. The van der Waals surface area contributed by atoms with Crippen LogP contribution in [0.3, 0.4) is 0 Å². The van der Waals surface area contributed by atoms with Crippen LogP contribution in [0.25, 0.3) is 87.2 Å². The standard InChI is InChI=1S/C44H28/c1-3-11-33-25-35(23-19-29(33)9-1)31-17-21-32(22-18-31)42-27-37-28-43(36-24-20-30-10-2-4-12-34(30)26-36)39-14-6-8-16-41(39)44(37)40-15-7-5-13-38(40)42/h1-28H. The van der Waals surface area contributed by atoms with Crippen molar-refractivity contribution in [1.29, 1.82) is 0 Å². The van der Waals surface area contributed by atoms with Crippen molar-refractivity contribution >= 4 is 53.9 Å². The van der Waals surface area contributed by atoms with Gasteiger partial charge in [0, 0.05) is 0 Å². The zero-order chi connectivity index (χ0) is 29.0. The monoisotopic (exact) mass is 556 g/mol. The molecule has 0 radical (unpaired) electrons. The van der Waals surface area contributed by atoms with Crippen LogP contribution in [0.5, 0.6) is 0 Å². The first-order valence-corrected chi connectivity index (χ1v) is 15.3. The van der Waals surface area contributed by atoms with Gasteiger partial charge in [0.1, 0.15) is 0 Å². The van der Waals surface area contributed by atoms with Gasteiger partial charge in [-0.05, 0) is 112 Å². The van der Waals surface area contributed by atoms with Crippen LogP contribution in [0.2, 0.25) is 0 Å². The zero-order valence-electron chi connectivity index (χ0n) is 24.2. The molecule has 204 valence electrons. The summed E-state index contributed by atoms with van der Waals surface area (Å²) in [6.07, 6.45) is 0. The summed E-state index contributed by atoms with van der Waals surface area (Å²) >= 11 is 0. The highest BCUT2D eigenvalue weighted by Crippen LogP contribution is 2.42. The molecule has 44 heavy (non-hydrogen) atoms. The van der Waals surface area contributed by atoms with E-state index in [9.17, 15) is 0 Å². The Bertz CT molecular complexity index is 2530. The molecule has 9 aromatic carbocycles. The summed E-state index contributed by atoms with van der Waals surface area (Å²) in [6.45, 7) is 0. The predicted octanol–water partition coefficient (Wildman–Crippen LogP) is 12.5. The first-order valence-electron chi connectivity index (χ1n) is 15.3. The van der Waals surface area contributed by atoms with E-state index in [1.165, 1.54) is 87.2 Å². The average molecular weight is 557 g/mol. The summed E-state index contributed by atoms with van der Waals surface area (Å²) in [6, 6.07) is 62.4. The van der Waals surface area contributed by atoms with Crippen molar-refractivity contribution in [3.63, 3.8) is 0 Å². The minimum absolute atomic E-state index is 1.23. The smallest absolute Gasteiger partial charge is 0.00259 e. The maximum absolute atomic E-state index is 2.40. The third-order valence-electron chi connectivity index (χ3n) is 9.20. The van der Waals surface area contributed by atoms with E-state index in [2.05, 4.69) is 170 Å². The van der Waals surface area contributed by atoms with E-state index < -0.39 is 0 Å². The van der Waals surface area contributed by atoms with Crippen molar-refractivity contribution in [3.05, 3.63) is 170 Å². The highest BCUT2D eigenvalue weighted by Gasteiger charge is 2.15. The van der Waals surface area contributed by atoms with Gasteiger partial charge in [0.2, 0.25) is 0 Å². The van der Waals surface area contributed by atoms with E-state index in [1.54, 1.807) is 0 Å². The van der Waals surface area contributed by atoms with Crippen LogP contribution in [0.4, 0.5) is 0 Å². The van der Waals surface area contributed by atoms with Crippen LogP contribution in [-0.2, 0) is 0 Å². The molecule has 0 fully saturated rings. The van der Waals surface area contributed by atoms with Crippen LogP contribution in [0.15, 0.2) is 170 Å². The van der Waals surface area contributed by atoms with E-state index in [0.29, 0.717) is 0 Å². The van der Waals surface area contributed by atoms with Crippen molar-refractivity contribution in [2.24, 2.45) is 0 Å². The molecule has 0 aliphatic carbocycles. The number of hydrogen-bond acceptors (Lipinski definition) is 0. The van der Waals surface area contributed by atoms with E-state index in [0.717, 1.165) is 0 Å². The van der Waals surface area contributed by atoms with Crippen molar-refractivity contribution in [2.75, 3.05) is 0 Å². The summed E-state index contributed by atoms with van der Waals surface area (Å²) in [5.74, 6) is 0. The first-order chi connectivity index (χ1) is 21.8. The lowest BCUT2D eigenvalue weighted by atomic mass is 9.87. The second-order valence-electron chi connectivity index (χ2n) is 11.7. The Labute approximate surface area is 256 Å². The quantitative estimate of drug-likeness (QED) is 0.190. The van der Waals surface area contributed by atoms with E-state index >= 15 is 0 Å². The van der Waals surface area contributed by atoms with Gasteiger partial charge in [0.05, 0.1) is 0 Å². The number of hydrogen-bond donors (Lipinski definition) is 0. The summed E-state index contributed by atoms with van der Waals surface area (Å²) < 4.78 is 0. The Hall–Kier alpha value is -5.72. The summed E-state index contributed by atoms with van der Waals surface area (Å²) in [5.41, 5.74) is 7.48. The molecule has 9 aromatic rings. The van der Waals surface area contributed by atoms with Crippen molar-refractivity contribution in [3.8, 4) is 33.4 Å². The van der Waals surface area contributed by atoms with E-state index in [-0.39, 0.29) is 0 Å². The molecule has 0 heteroatoms. The minimum Gasteiger partial charge on any atom is -0.0616 e. The van der Waals surface area contributed by atoms with Gasteiger partial charge in [0.25, 0.3) is 0 Å². The molecule has 9 rings (SSSR count). The normalized spacial score (nSPS) is 11.6. The van der Waals surface area contributed by atoms with Crippen molar-refractivity contribution in [1.82, 2.24) is 0 Å². The summed E-state index contributed by atoms with van der Waals surface area (Å²) in [5, 5.41) is 12.8. The van der Waals surface area contributed by atoms with Gasteiger partial charge < -0.3 is 0 Å². The molecule has 0 saturated heterocycles. The number of fused-ring (bicyclic) bond motifs is 7. The molecule has 0 aliphatic rings. The largest absolute Gasteiger partial charge is 0.0616 e. The molecule has 0 spiro atoms. The fraction of sp³-hybridized carbons (Fsp3) is 0. The van der Waals surface area contributed by atoms with Gasteiger partial charge in [-0.1, -0.05) is 146 Å². The van der Waals surface area contributed by atoms with Gasteiger partial charge in [-0.2, -0.15) is 0 Å². The van der Waals surface area contributed by atoms with Crippen LogP contribution >= 0.6 is 0 Å². The Morgan fingerprint density at radius 3 is 1.23 bits per heavy atom. The predicted molar refractivity (Wildman–Crippen MR) is 190 cm³/mol. The molecule has 0 aliphatic heterocycles. The van der Waals surface area contributed by atoms with E-state index in [1.807, 2.05) is 0 Å². The Kier molecular flexibility index (Phi) is 5.61. The van der Waals surface area contributed by atoms with Crippen LogP contribution in [0, 0.1) is 0 Å². The average Bonchev–Trinajstić information content (AvgIpc) is 3.10. The molecular weight excluding hydrogens is 528 g/mol. The molecule has 0 saturated carbocycles. The lowest BCUT2D eigenvalue weighted by Crippen LogP contribution is -1.89. The molecule has 0 heterocycles. The fourth-order valence-corrected chi connectivity index (χ4v) is 7.03. The zero-order valence-corrected chi connectivity index (χ0v) is 24.2. The first kappa shape index (κ1) is 24.8. The molecule has 0 unspecified atom stereocenters. The SMILES string of the molecule is c1ccc2cc(-c3ccc(-c4cc5cc(-c6ccc7ccccc7c6)c6ccccc6c5c5ccccc45)cc3)ccc2c1. The summed E-state index contributed by atoms with van der Waals surface area (Å²) in [7, 11) is 0. The van der Waals surface area contributed by atoms with Gasteiger partial charge >= 0.3 is 0 Å². The second-order valence-corrected chi connectivity index (χ2v) is 11.7. The lowest BCUT2D eigenvalue weighted by Gasteiger charge is -2.16. The van der Waals surface area contributed by atoms with Crippen molar-refractivity contribution < 1.29 is 0 Å². The third kappa shape index (κ3) is 4.00. The molecule has 0 amide bonds. The molecule has 0 nitrogen and oxygen atoms in total. The lowest BCUT2D eigenvalue weighted by molar-refractivity contribution is 1.63. The van der Waals surface area contributed by atoms with E-state index in [4.69, 9.17) is 0 Å². The fourth-order valence-electron chi connectivity index (χ4n) is 7.03. The van der Waals surface area contributed by atoms with Crippen molar-refractivity contribution in [2.45, 2.75) is 0 Å². The highest BCUT2D eigenvalue weighted by molar-refractivity contribution is 6.25. The summed E-state index contributed by atoms with van der Waals surface area (Å²) in [4.78, 5) is 0. The second kappa shape index (κ2) is 9.93. The topological polar surface area (TPSA) is 0 Å². The Morgan fingerprint density at radius 2 is 0.636 bits per heavy atom. The number of rotatable bonds is 3. The third-order valence-corrected chi connectivity index (χ3v) is 9.20. The molecule has 0 bridgehead atoms. The van der Waals surface area contributed by atoms with Crippen LogP contribution in [0.1, 0.15) is 0 Å². The minimum atomic E-state index is 1.23. The van der Waals surface area contributed by atoms with Gasteiger partial charge in [0.15, 0.2) is 0 Å². The van der Waals surface area contributed by atoms with Gasteiger partial charge in [-0.15, -0.1) is 0 Å². The van der Waals surface area contributed by atoms with Gasteiger partial charge in [-0.3, -0.25) is 0 Å². The van der Waals surface area contributed by atoms with Gasteiger partial charge in [-0.25, -0.2) is 0 Å².